The minimum Gasteiger partial charge on any atom is -0.393 e. The summed E-state index contributed by atoms with van der Waals surface area (Å²) in [6, 6.07) is 7.66. The van der Waals surface area contributed by atoms with Crippen molar-refractivity contribution in [1.82, 2.24) is 5.32 Å². The highest BCUT2D eigenvalue weighted by Gasteiger charge is 2.03. The van der Waals surface area contributed by atoms with E-state index < -0.39 is 0 Å². The van der Waals surface area contributed by atoms with Gasteiger partial charge in [0.1, 0.15) is 0 Å². The van der Waals surface area contributed by atoms with Gasteiger partial charge in [0.25, 0.3) is 0 Å². The van der Waals surface area contributed by atoms with Gasteiger partial charge < -0.3 is 15.7 Å². The average Bonchev–Trinajstić information content (AvgIpc) is 2.27. The van der Waals surface area contributed by atoms with Crippen LogP contribution in [-0.2, 0) is 4.79 Å². The van der Waals surface area contributed by atoms with Crippen LogP contribution >= 0.6 is 0 Å². The van der Waals surface area contributed by atoms with Gasteiger partial charge in [-0.15, -0.1) is 0 Å². The third-order valence-corrected chi connectivity index (χ3v) is 2.44. The number of aliphatic hydroxyl groups is 1. The van der Waals surface area contributed by atoms with Crippen molar-refractivity contribution in [1.29, 1.82) is 0 Å². The summed E-state index contributed by atoms with van der Waals surface area (Å²) in [5, 5.41) is 14.9. The van der Waals surface area contributed by atoms with Crippen molar-refractivity contribution >= 4 is 11.6 Å². The van der Waals surface area contributed by atoms with Gasteiger partial charge in [-0.3, -0.25) is 4.79 Å². The van der Waals surface area contributed by atoms with Crippen LogP contribution in [0, 0.1) is 6.92 Å². The molecule has 4 nitrogen and oxygen atoms in total. The summed E-state index contributed by atoms with van der Waals surface area (Å²) in [6.45, 7) is 4.59. The molecule has 94 valence electrons. The summed E-state index contributed by atoms with van der Waals surface area (Å²) >= 11 is 0. The predicted octanol–water partition coefficient (Wildman–Crippen LogP) is 1.29. The maximum absolute atomic E-state index is 11.6. The molecule has 0 fully saturated rings. The Labute approximate surface area is 102 Å². The van der Waals surface area contributed by atoms with E-state index in [9.17, 15) is 4.79 Å². The van der Waals surface area contributed by atoms with E-state index >= 15 is 0 Å². The standard InChI is InChI=1S/C13H20N2O2/c1-10-5-3-4-6-12(10)15-13(17)9-14-8-7-11(2)16/h3-6,11,14,16H,7-9H2,1-2H3,(H,15,17). The third kappa shape index (κ3) is 5.47. The van der Waals surface area contributed by atoms with Gasteiger partial charge in [0, 0.05) is 5.69 Å². The maximum atomic E-state index is 11.6. The minimum atomic E-state index is -0.332. The van der Waals surface area contributed by atoms with Gasteiger partial charge in [-0.05, 0) is 38.4 Å². The Morgan fingerprint density at radius 3 is 2.76 bits per heavy atom. The molecule has 1 amide bonds. The molecule has 17 heavy (non-hydrogen) atoms. The van der Waals surface area contributed by atoms with E-state index in [4.69, 9.17) is 5.11 Å². The zero-order valence-corrected chi connectivity index (χ0v) is 10.4. The molecule has 4 heteroatoms. The molecule has 0 saturated heterocycles. The predicted molar refractivity (Wildman–Crippen MR) is 69.0 cm³/mol. The van der Waals surface area contributed by atoms with Crippen LogP contribution < -0.4 is 10.6 Å². The Hall–Kier alpha value is -1.39. The smallest absolute Gasteiger partial charge is 0.238 e. The number of aryl methyl sites for hydroxylation is 1. The number of para-hydroxylation sites is 1. The van der Waals surface area contributed by atoms with Crippen LogP contribution in [0.3, 0.4) is 0 Å². The van der Waals surface area contributed by atoms with Crippen molar-refractivity contribution in [3.63, 3.8) is 0 Å². The average molecular weight is 236 g/mol. The van der Waals surface area contributed by atoms with E-state index in [1.807, 2.05) is 31.2 Å². The quantitative estimate of drug-likeness (QED) is 0.652. The first-order chi connectivity index (χ1) is 8.09. The molecule has 0 spiro atoms. The summed E-state index contributed by atoms with van der Waals surface area (Å²) in [7, 11) is 0. The SMILES string of the molecule is Cc1ccccc1NC(=O)CNCCC(C)O. The summed E-state index contributed by atoms with van der Waals surface area (Å²) < 4.78 is 0. The number of benzene rings is 1. The van der Waals surface area contributed by atoms with Crippen LogP contribution in [0.5, 0.6) is 0 Å². The molecule has 0 aromatic heterocycles. The fourth-order valence-electron chi connectivity index (χ4n) is 1.42. The van der Waals surface area contributed by atoms with Crippen molar-refractivity contribution in [2.24, 2.45) is 0 Å². The largest absolute Gasteiger partial charge is 0.393 e. The summed E-state index contributed by atoms with van der Waals surface area (Å²) in [6.07, 6.45) is 0.319. The van der Waals surface area contributed by atoms with Crippen molar-refractivity contribution in [3.05, 3.63) is 29.8 Å². The van der Waals surface area contributed by atoms with Gasteiger partial charge in [-0.2, -0.15) is 0 Å². The van der Waals surface area contributed by atoms with Crippen LogP contribution in [0.2, 0.25) is 0 Å². The third-order valence-electron chi connectivity index (χ3n) is 2.44. The molecule has 1 rings (SSSR count). The molecule has 0 heterocycles. The molecule has 0 saturated carbocycles. The summed E-state index contributed by atoms with van der Waals surface area (Å²) in [5.41, 5.74) is 1.89. The van der Waals surface area contributed by atoms with Gasteiger partial charge in [0.2, 0.25) is 5.91 Å². The lowest BCUT2D eigenvalue weighted by Gasteiger charge is -2.09. The van der Waals surface area contributed by atoms with Crippen LogP contribution in [-0.4, -0.2) is 30.2 Å². The van der Waals surface area contributed by atoms with E-state index in [0.29, 0.717) is 13.0 Å². The Kier molecular flexibility index (Phi) is 5.66. The fourth-order valence-corrected chi connectivity index (χ4v) is 1.42. The van der Waals surface area contributed by atoms with Gasteiger partial charge >= 0.3 is 0 Å². The molecule has 0 aliphatic rings. The molecule has 1 aromatic carbocycles. The van der Waals surface area contributed by atoms with E-state index in [0.717, 1.165) is 11.3 Å². The van der Waals surface area contributed by atoms with Crippen molar-refractivity contribution in [3.8, 4) is 0 Å². The van der Waals surface area contributed by atoms with Crippen LogP contribution in [0.1, 0.15) is 18.9 Å². The molecule has 0 aliphatic carbocycles. The number of nitrogens with one attached hydrogen (secondary N) is 2. The van der Waals surface area contributed by atoms with E-state index in [1.165, 1.54) is 0 Å². The van der Waals surface area contributed by atoms with Gasteiger partial charge in [0.05, 0.1) is 12.6 Å². The first-order valence-corrected chi connectivity index (χ1v) is 5.84. The fraction of sp³-hybridized carbons (Fsp3) is 0.462. The molecule has 3 N–H and O–H groups in total. The van der Waals surface area contributed by atoms with Crippen LogP contribution in [0.15, 0.2) is 24.3 Å². The number of hydrogen-bond acceptors (Lipinski definition) is 3. The lowest BCUT2D eigenvalue weighted by Crippen LogP contribution is -2.30. The topological polar surface area (TPSA) is 61.4 Å². The normalized spacial score (nSPS) is 12.2. The van der Waals surface area contributed by atoms with Crippen LogP contribution in [0.25, 0.3) is 0 Å². The monoisotopic (exact) mass is 236 g/mol. The molecule has 1 atom stereocenters. The minimum absolute atomic E-state index is 0.0649. The zero-order chi connectivity index (χ0) is 12.7. The van der Waals surface area contributed by atoms with Crippen molar-refractivity contribution in [2.75, 3.05) is 18.4 Å². The van der Waals surface area contributed by atoms with Gasteiger partial charge in [0.15, 0.2) is 0 Å². The van der Waals surface area contributed by atoms with Gasteiger partial charge in [-0.25, -0.2) is 0 Å². The molecule has 0 bridgehead atoms. The van der Waals surface area contributed by atoms with Crippen molar-refractivity contribution < 1.29 is 9.90 Å². The Balaban J connectivity index is 2.28. The highest BCUT2D eigenvalue weighted by Crippen LogP contribution is 2.12. The highest BCUT2D eigenvalue weighted by molar-refractivity contribution is 5.92. The molecule has 1 unspecified atom stereocenters. The number of hydrogen-bond donors (Lipinski definition) is 3. The molecule has 0 aliphatic heterocycles. The number of carbonyl (C=O) groups excluding carboxylic acids is 1. The Morgan fingerprint density at radius 2 is 2.12 bits per heavy atom. The summed E-state index contributed by atoms with van der Waals surface area (Å²) in [5.74, 6) is -0.0649. The first kappa shape index (κ1) is 13.7. The van der Waals surface area contributed by atoms with Crippen molar-refractivity contribution in [2.45, 2.75) is 26.4 Å². The Morgan fingerprint density at radius 1 is 1.41 bits per heavy atom. The number of anilines is 1. The Bertz CT molecular complexity index is 364. The molecule has 1 aromatic rings. The number of aliphatic hydroxyl groups excluding tert-OH is 1. The molecule has 0 radical (unpaired) electrons. The van der Waals surface area contributed by atoms with E-state index in [1.54, 1.807) is 6.92 Å². The van der Waals surface area contributed by atoms with E-state index in [-0.39, 0.29) is 18.6 Å². The van der Waals surface area contributed by atoms with Crippen LogP contribution in [0.4, 0.5) is 5.69 Å². The number of amides is 1. The molecular weight excluding hydrogens is 216 g/mol. The van der Waals surface area contributed by atoms with Gasteiger partial charge in [-0.1, -0.05) is 18.2 Å². The van der Waals surface area contributed by atoms with E-state index in [2.05, 4.69) is 10.6 Å². The molecular formula is C13H20N2O2. The number of rotatable bonds is 6. The maximum Gasteiger partial charge on any atom is 0.238 e. The first-order valence-electron chi connectivity index (χ1n) is 5.84. The summed E-state index contributed by atoms with van der Waals surface area (Å²) in [4.78, 5) is 11.6. The second kappa shape index (κ2) is 7.04. The second-order valence-electron chi connectivity index (χ2n) is 4.18. The number of carbonyl (C=O) groups is 1. The highest BCUT2D eigenvalue weighted by atomic mass is 16.3. The lowest BCUT2D eigenvalue weighted by molar-refractivity contribution is -0.115. The second-order valence-corrected chi connectivity index (χ2v) is 4.18. The zero-order valence-electron chi connectivity index (χ0n) is 10.4. The lowest BCUT2D eigenvalue weighted by atomic mass is 10.2.